The number of piperazine rings is 2. The molecule has 6 aromatic heterocycles. The third-order valence-electron chi connectivity index (χ3n) is 12.7. The molecule has 0 atom stereocenters. The zero-order valence-electron chi connectivity index (χ0n) is 43.0. The third-order valence-corrected chi connectivity index (χ3v) is 13.7. The number of carbonyl (C=O) groups is 2. The second kappa shape index (κ2) is 24.4. The highest BCUT2D eigenvalue weighted by molar-refractivity contribution is 6.41. The molecule has 0 aliphatic carbocycles. The van der Waals surface area contributed by atoms with Gasteiger partial charge in [-0.1, -0.05) is 103 Å². The summed E-state index contributed by atoms with van der Waals surface area (Å²) in [6.45, 7) is 28.0. The normalized spacial score (nSPS) is 13.6. The highest BCUT2D eigenvalue weighted by Gasteiger charge is 2.31. The number of anilines is 1. The van der Waals surface area contributed by atoms with Crippen molar-refractivity contribution >= 4 is 74.4 Å². The zero-order valence-corrected chi connectivity index (χ0v) is 45.3. The zero-order chi connectivity index (χ0) is 55.2. The molecule has 0 unspecified atom stereocenters. The number of hydrogen-bond acceptors (Lipinski definition) is 13. The number of aromatic hydroxyl groups is 1. The van der Waals surface area contributed by atoms with Gasteiger partial charge in [0.1, 0.15) is 28.6 Å². The minimum absolute atomic E-state index is 0.000825. The smallest absolute Gasteiger partial charge is 0.278 e. The van der Waals surface area contributed by atoms with E-state index in [2.05, 4.69) is 44.5 Å². The first-order valence-corrected chi connectivity index (χ1v) is 25.4. The number of nitriles is 2. The Morgan fingerprint density at radius 2 is 1.13 bits per heavy atom. The number of aromatic nitrogens is 6. The van der Waals surface area contributed by atoms with E-state index in [-0.39, 0.29) is 62.3 Å². The molecule has 2 aliphatic heterocycles. The predicted octanol–water partition coefficient (Wildman–Crippen LogP) is 9.04. The highest BCUT2D eigenvalue weighted by atomic mass is 35.5. The van der Waals surface area contributed by atoms with Gasteiger partial charge in [-0.2, -0.15) is 10.5 Å². The summed E-state index contributed by atoms with van der Waals surface area (Å²) in [4.78, 5) is 73.3. The Bertz CT molecular complexity index is 3370. The summed E-state index contributed by atoms with van der Waals surface area (Å²) >= 11 is 18.7. The summed E-state index contributed by atoms with van der Waals surface area (Å²) < 4.78 is 16.7. The Balaban J connectivity index is 0.000000211. The van der Waals surface area contributed by atoms with Crippen LogP contribution in [-0.4, -0.2) is 108 Å². The maximum atomic E-state index is 14.1. The fraction of sp³-hybridized carbons (Fsp3) is 0.370. The summed E-state index contributed by atoms with van der Waals surface area (Å²) in [5.74, 6) is -1.56. The van der Waals surface area contributed by atoms with Crippen LogP contribution in [0.4, 0.5) is 10.1 Å². The monoisotopic (exact) mass is 1080 g/mol. The molecule has 21 heteroatoms. The van der Waals surface area contributed by atoms with E-state index in [0.717, 1.165) is 49.1 Å². The van der Waals surface area contributed by atoms with E-state index in [1.54, 1.807) is 40.4 Å². The number of amides is 2. The molecule has 392 valence electrons. The summed E-state index contributed by atoms with van der Waals surface area (Å²) in [5, 5.41) is 33.5. The van der Waals surface area contributed by atoms with Crippen molar-refractivity contribution in [2.24, 2.45) is 0 Å². The molecule has 75 heavy (non-hydrogen) atoms. The number of hydrogen-bond donors (Lipinski definition) is 2. The van der Waals surface area contributed by atoms with E-state index in [4.69, 9.17) is 34.8 Å². The van der Waals surface area contributed by atoms with Crippen LogP contribution in [0.3, 0.4) is 0 Å². The van der Waals surface area contributed by atoms with Gasteiger partial charge in [0.05, 0.1) is 38.9 Å². The maximum absolute atomic E-state index is 14.1. The van der Waals surface area contributed by atoms with Gasteiger partial charge in [-0.3, -0.25) is 38.3 Å². The molecule has 0 saturated carbocycles. The fourth-order valence-electron chi connectivity index (χ4n) is 8.97. The van der Waals surface area contributed by atoms with Gasteiger partial charge in [0.2, 0.25) is 11.8 Å². The standard InChI is InChI=1S/C27H28Cl2N6O2.C20H18ClFN4O2.C7H12N2O/c1-6-21(36)33-9-11-34(12-10-33)23-18-13-20(28)25(29)32-26(18)35(27(37)19(23)14-30)24-17(15(2)3)7-8-31-22(24)16(4)5;1-9(2)11-5-6-24-15(10(3)4)16(11)26-19-12(7-14(22)18(21)25-19)17(27)13(8-23)20(26)28;1-2-7(10)9-5-3-8-4-6-9/h6-8,13,15-16H,1,9-12H2,2-5H3;5-7,9-10,27H,1-4H3;2,8H,1,3-6H2. The van der Waals surface area contributed by atoms with Crippen LogP contribution in [0, 0.1) is 28.5 Å². The summed E-state index contributed by atoms with van der Waals surface area (Å²) in [6, 6.07) is 10.1. The molecular formula is C54H58Cl3FN12O5. The lowest BCUT2D eigenvalue weighted by Gasteiger charge is -2.36. The maximum Gasteiger partial charge on any atom is 0.278 e. The number of carbonyl (C=O) groups excluding carboxylic acids is 2. The van der Waals surface area contributed by atoms with Crippen molar-refractivity contribution < 1.29 is 19.1 Å². The molecule has 6 aromatic rings. The molecule has 0 aromatic carbocycles. The minimum Gasteiger partial charge on any atom is -0.506 e. The lowest BCUT2D eigenvalue weighted by atomic mass is 9.96. The molecule has 0 spiro atoms. The van der Waals surface area contributed by atoms with Gasteiger partial charge < -0.3 is 25.1 Å². The van der Waals surface area contributed by atoms with Crippen LogP contribution in [-0.2, 0) is 9.59 Å². The SMILES string of the molecule is C=CC(=O)N1CCN(c2c(C#N)c(=O)n(-c3c(C(C)C)ccnc3C(C)C)c3nc(Cl)c(Cl)cc23)CC1.C=CC(=O)N1CCNCC1.CC(C)c1ccnc(C(C)C)c1-n1c(=O)c(C#N)c(O)c2cc(F)c(Cl)nc21. The third kappa shape index (κ3) is 11.7. The number of rotatable bonds is 9. The Kier molecular flexibility index (Phi) is 18.6. The molecule has 0 bridgehead atoms. The minimum atomic E-state index is -0.863. The molecular weight excluding hydrogens is 1020 g/mol. The topological polar surface area (TPSA) is 219 Å². The van der Waals surface area contributed by atoms with E-state index >= 15 is 0 Å². The fourth-order valence-corrected chi connectivity index (χ4v) is 9.39. The molecule has 2 saturated heterocycles. The lowest BCUT2D eigenvalue weighted by molar-refractivity contribution is -0.127. The van der Waals surface area contributed by atoms with Crippen LogP contribution >= 0.6 is 34.8 Å². The molecule has 2 amide bonds. The Hall–Kier alpha value is -7.22. The second-order valence-corrected chi connectivity index (χ2v) is 20.0. The van der Waals surface area contributed by atoms with Crippen LogP contribution < -0.4 is 21.3 Å². The number of fused-ring (bicyclic) bond motifs is 2. The van der Waals surface area contributed by atoms with Crippen LogP contribution in [0.15, 0.2) is 71.6 Å². The van der Waals surface area contributed by atoms with Crippen LogP contribution in [0.2, 0.25) is 15.3 Å². The van der Waals surface area contributed by atoms with E-state index in [9.17, 15) is 39.2 Å². The van der Waals surface area contributed by atoms with Crippen LogP contribution in [0.1, 0.15) is 113 Å². The average molecular weight is 1080 g/mol. The highest BCUT2D eigenvalue weighted by Crippen LogP contribution is 2.38. The quantitative estimate of drug-likeness (QED) is 0.102. The van der Waals surface area contributed by atoms with Crippen molar-refractivity contribution in [2.45, 2.75) is 79.1 Å². The van der Waals surface area contributed by atoms with Gasteiger partial charge >= 0.3 is 0 Å². The van der Waals surface area contributed by atoms with Gasteiger partial charge in [-0.05, 0) is 71.2 Å². The summed E-state index contributed by atoms with van der Waals surface area (Å²) in [5.41, 5.74) is 3.04. The van der Waals surface area contributed by atoms with E-state index in [1.165, 1.54) is 21.3 Å². The number of pyridine rings is 6. The molecule has 2 aliphatic rings. The largest absolute Gasteiger partial charge is 0.506 e. The molecule has 2 fully saturated rings. The van der Waals surface area contributed by atoms with Gasteiger partial charge in [-0.25, -0.2) is 14.4 Å². The van der Waals surface area contributed by atoms with E-state index < -0.39 is 33.4 Å². The number of halogens is 4. The molecule has 8 heterocycles. The first kappa shape index (κ1) is 57.1. The average Bonchev–Trinajstić information content (AvgIpc) is 3.39. The van der Waals surface area contributed by atoms with Gasteiger partial charge in [0, 0.05) is 70.1 Å². The number of nitrogens with zero attached hydrogens (tertiary/aromatic N) is 11. The first-order valence-electron chi connectivity index (χ1n) is 24.3. The van der Waals surface area contributed by atoms with E-state index in [0.29, 0.717) is 60.0 Å². The van der Waals surface area contributed by atoms with Crippen LogP contribution in [0.25, 0.3) is 33.4 Å². The second-order valence-electron chi connectivity index (χ2n) is 18.9. The van der Waals surface area contributed by atoms with Crippen molar-refractivity contribution in [3.8, 4) is 29.3 Å². The van der Waals surface area contributed by atoms with Gasteiger partial charge in [0.15, 0.2) is 27.8 Å². The van der Waals surface area contributed by atoms with Crippen molar-refractivity contribution in [3.05, 3.63) is 137 Å². The van der Waals surface area contributed by atoms with Crippen molar-refractivity contribution in [3.63, 3.8) is 0 Å². The Labute approximate surface area is 449 Å². The summed E-state index contributed by atoms with van der Waals surface area (Å²) in [7, 11) is 0. The van der Waals surface area contributed by atoms with Gasteiger partial charge in [0.25, 0.3) is 11.1 Å². The van der Waals surface area contributed by atoms with Crippen molar-refractivity contribution in [1.82, 2.24) is 44.2 Å². The van der Waals surface area contributed by atoms with Crippen molar-refractivity contribution in [1.29, 1.82) is 10.5 Å². The predicted molar refractivity (Wildman–Crippen MR) is 291 cm³/mol. The van der Waals surface area contributed by atoms with Crippen molar-refractivity contribution in [2.75, 3.05) is 57.3 Å². The first-order chi connectivity index (χ1) is 35.6. The molecule has 8 rings (SSSR count). The molecule has 2 N–H and O–H groups in total. The Morgan fingerprint density at radius 3 is 1.59 bits per heavy atom. The molecule has 17 nitrogen and oxygen atoms in total. The van der Waals surface area contributed by atoms with Gasteiger partial charge in [-0.15, -0.1) is 0 Å². The number of nitrogens with one attached hydrogen (secondary N) is 1. The lowest BCUT2D eigenvalue weighted by Crippen LogP contribution is -2.49. The summed E-state index contributed by atoms with van der Waals surface area (Å²) in [6.07, 6.45) is 6.05. The van der Waals surface area contributed by atoms with Crippen LogP contribution in [0.5, 0.6) is 5.75 Å². The Morgan fingerprint density at radius 1 is 0.680 bits per heavy atom. The molecule has 0 radical (unpaired) electrons. The van der Waals surface area contributed by atoms with E-state index in [1.807, 2.05) is 66.4 Å².